The number of ketones is 2. The second-order valence-electron chi connectivity index (χ2n) is 14.0. The van der Waals surface area contributed by atoms with Crippen molar-refractivity contribution < 1.29 is 24.3 Å². The van der Waals surface area contributed by atoms with Gasteiger partial charge in [0.1, 0.15) is 5.75 Å². The van der Waals surface area contributed by atoms with Gasteiger partial charge in [-0.25, -0.2) is 0 Å². The predicted molar refractivity (Wildman–Crippen MR) is 199 cm³/mol. The quantitative estimate of drug-likeness (QED) is 0.148. The van der Waals surface area contributed by atoms with Crippen molar-refractivity contribution in [2.75, 3.05) is 4.90 Å². The van der Waals surface area contributed by atoms with Gasteiger partial charge >= 0.3 is 0 Å². The number of imide groups is 1. The Morgan fingerprint density at radius 3 is 2.10 bits per heavy atom. The Morgan fingerprint density at radius 1 is 0.706 bits per heavy atom. The minimum absolute atomic E-state index is 0.115. The maximum absolute atomic E-state index is 15.3. The fourth-order valence-corrected chi connectivity index (χ4v) is 9.89. The summed E-state index contributed by atoms with van der Waals surface area (Å²) in [5.41, 5.74) is 2.61. The molecule has 2 amide bonds. The van der Waals surface area contributed by atoms with Crippen LogP contribution in [0.4, 0.5) is 5.69 Å². The summed E-state index contributed by atoms with van der Waals surface area (Å²) in [6.45, 7) is 0. The summed E-state index contributed by atoms with van der Waals surface area (Å²) in [4.78, 5) is 60.5. The summed E-state index contributed by atoms with van der Waals surface area (Å²) < 4.78 is 0.836. The molecular weight excluding hydrogens is 702 g/mol. The maximum Gasteiger partial charge on any atom is 0.238 e. The van der Waals surface area contributed by atoms with E-state index in [4.69, 9.17) is 0 Å². The number of nitrogens with zero attached hydrogens (tertiary/aromatic N) is 1. The first kappa shape index (κ1) is 31.6. The van der Waals surface area contributed by atoms with Crippen LogP contribution in [0.15, 0.2) is 144 Å². The molecule has 0 aromatic heterocycles. The number of phenols is 1. The van der Waals surface area contributed by atoms with Crippen LogP contribution in [0.2, 0.25) is 0 Å². The molecular formula is C44H32BrNO5. The molecule has 1 saturated carbocycles. The van der Waals surface area contributed by atoms with Gasteiger partial charge in [0.15, 0.2) is 11.6 Å². The molecule has 250 valence electrons. The third-order valence-electron chi connectivity index (χ3n) is 11.7. The monoisotopic (exact) mass is 733 g/mol. The number of anilines is 1. The van der Waals surface area contributed by atoms with Gasteiger partial charge in [0, 0.05) is 27.3 Å². The van der Waals surface area contributed by atoms with Crippen LogP contribution in [0.3, 0.4) is 0 Å². The second kappa shape index (κ2) is 11.8. The van der Waals surface area contributed by atoms with Gasteiger partial charge in [-0.3, -0.25) is 24.1 Å². The number of amides is 2. The summed E-state index contributed by atoms with van der Waals surface area (Å²) in [5.74, 6) is -4.00. The molecule has 1 aliphatic heterocycles. The Balaban J connectivity index is 1.31. The second-order valence-corrected chi connectivity index (χ2v) is 14.9. The van der Waals surface area contributed by atoms with Crippen LogP contribution in [0.5, 0.6) is 5.75 Å². The minimum Gasteiger partial charge on any atom is -0.507 e. The highest BCUT2D eigenvalue weighted by Crippen LogP contribution is 2.64. The Labute approximate surface area is 303 Å². The number of hydrogen-bond donors (Lipinski definition) is 1. The number of phenolic OH excluding ortho intramolecular Hbond substituents is 1. The van der Waals surface area contributed by atoms with Crippen LogP contribution in [-0.4, -0.2) is 28.5 Å². The molecule has 3 aliphatic carbocycles. The number of benzene rings is 5. The van der Waals surface area contributed by atoms with E-state index in [1.165, 1.54) is 11.0 Å². The van der Waals surface area contributed by atoms with Gasteiger partial charge in [-0.05, 0) is 77.2 Å². The van der Waals surface area contributed by atoms with Gasteiger partial charge in [-0.15, -0.1) is 0 Å². The topological polar surface area (TPSA) is 91.8 Å². The average Bonchev–Trinajstić information content (AvgIpc) is 3.42. The molecule has 0 bridgehead atoms. The summed E-state index contributed by atoms with van der Waals surface area (Å²) >= 11 is 3.45. The molecule has 0 unspecified atom stereocenters. The fraction of sp³-hybridized carbons (Fsp3) is 0.182. The normalized spacial score (nSPS) is 27.1. The van der Waals surface area contributed by atoms with Crippen molar-refractivity contribution in [2.45, 2.75) is 24.2 Å². The summed E-state index contributed by atoms with van der Waals surface area (Å²) in [5, 5.41) is 12.4. The van der Waals surface area contributed by atoms with Crippen molar-refractivity contribution in [1.29, 1.82) is 0 Å². The van der Waals surface area contributed by atoms with E-state index in [1.54, 1.807) is 18.2 Å². The smallest absolute Gasteiger partial charge is 0.238 e. The molecule has 5 aromatic carbocycles. The van der Waals surface area contributed by atoms with E-state index in [-0.39, 0.29) is 35.6 Å². The molecule has 1 heterocycles. The minimum atomic E-state index is -1.34. The number of fused-ring (bicyclic) bond motifs is 5. The first-order valence-corrected chi connectivity index (χ1v) is 18.0. The van der Waals surface area contributed by atoms with Gasteiger partial charge in [-0.2, -0.15) is 0 Å². The van der Waals surface area contributed by atoms with Gasteiger partial charge < -0.3 is 5.11 Å². The van der Waals surface area contributed by atoms with E-state index in [2.05, 4.69) is 22.0 Å². The van der Waals surface area contributed by atoms with Crippen LogP contribution >= 0.6 is 15.9 Å². The lowest BCUT2D eigenvalue weighted by atomic mass is 9.44. The van der Waals surface area contributed by atoms with Crippen molar-refractivity contribution in [3.63, 3.8) is 0 Å². The lowest BCUT2D eigenvalue weighted by molar-refractivity contribution is -0.134. The molecule has 6 nitrogen and oxygen atoms in total. The SMILES string of the molecule is O=C1C(c2ccccc2)=CC(=O)[C@@]2(c3ccccc3)[C@@H](c3ccc(O)c4ccccc34)C3=CC[C@@H]4C(=O)N(c5ccc(Br)cc5)C(=O)[C@@H]4[C@@H]3C[C@@H]12. The number of halogens is 1. The zero-order chi connectivity index (χ0) is 35.0. The van der Waals surface area contributed by atoms with Crippen molar-refractivity contribution in [1.82, 2.24) is 0 Å². The van der Waals surface area contributed by atoms with Crippen LogP contribution in [0.25, 0.3) is 16.3 Å². The van der Waals surface area contributed by atoms with E-state index in [1.807, 2.05) is 103 Å². The summed E-state index contributed by atoms with van der Waals surface area (Å²) in [6.07, 6.45) is 4.17. The molecule has 6 atom stereocenters. The molecule has 2 fully saturated rings. The molecule has 0 spiro atoms. The van der Waals surface area contributed by atoms with E-state index >= 15 is 9.59 Å². The van der Waals surface area contributed by atoms with Crippen LogP contribution in [0, 0.1) is 23.7 Å². The van der Waals surface area contributed by atoms with E-state index in [0.29, 0.717) is 28.6 Å². The Kier molecular flexibility index (Phi) is 7.33. The van der Waals surface area contributed by atoms with Crippen LogP contribution in [-0.2, 0) is 24.6 Å². The van der Waals surface area contributed by atoms with Crippen molar-refractivity contribution in [2.24, 2.45) is 23.7 Å². The number of hydrogen-bond acceptors (Lipinski definition) is 5. The summed E-state index contributed by atoms with van der Waals surface area (Å²) in [6, 6.07) is 37.0. The Morgan fingerprint density at radius 2 is 1.37 bits per heavy atom. The van der Waals surface area contributed by atoms with Crippen molar-refractivity contribution in [3.05, 3.63) is 160 Å². The highest BCUT2D eigenvalue weighted by atomic mass is 79.9. The predicted octanol–water partition coefficient (Wildman–Crippen LogP) is 8.34. The van der Waals surface area contributed by atoms with Gasteiger partial charge in [0.05, 0.1) is 22.9 Å². The van der Waals surface area contributed by atoms with Crippen LogP contribution < -0.4 is 4.90 Å². The highest BCUT2D eigenvalue weighted by molar-refractivity contribution is 9.10. The van der Waals surface area contributed by atoms with Crippen molar-refractivity contribution >= 4 is 61.3 Å². The molecule has 4 aliphatic rings. The molecule has 51 heavy (non-hydrogen) atoms. The largest absolute Gasteiger partial charge is 0.507 e. The number of allylic oxidation sites excluding steroid dienone is 4. The number of aromatic hydroxyl groups is 1. The van der Waals surface area contributed by atoms with Gasteiger partial charge in [0.25, 0.3) is 0 Å². The van der Waals surface area contributed by atoms with E-state index < -0.39 is 35.0 Å². The zero-order valence-corrected chi connectivity index (χ0v) is 29.0. The summed E-state index contributed by atoms with van der Waals surface area (Å²) in [7, 11) is 0. The zero-order valence-electron chi connectivity index (χ0n) is 27.4. The first-order valence-electron chi connectivity index (χ1n) is 17.3. The standard InChI is InChI=1S/C44H32BrNO5/c45-27-15-17-28(18-16-27)46-42(50)33-20-19-32-35(39(33)43(46)51)23-36-41(49)34(25-9-3-1-4-10-25)24-38(48)44(36,26-11-5-2-6-12-26)40(32)31-21-22-37(47)30-14-8-7-13-29(30)31/h1-19,21-22,24,33,35-36,39-40,47H,20,23H2/t33-,35+,36-,39-,40-,44-/m0/s1. The lowest BCUT2D eigenvalue weighted by Gasteiger charge is -2.55. The van der Waals surface area contributed by atoms with Crippen molar-refractivity contribution in [3.8, 4) is 5.75 Å². The fourth-order valence-electron chi connectivity index (χ4n) is 9.62. The number of Topliss-reactive ketones (excluding diaryl/α,β-unsaturated/α-hetero) is 1. The number of rotatable bonds is 4. The van der Waals surface area contributed by atoms with Crippen LogP contribution in [0.1, 0.15) is 35.4 Å². The maximum atomic E-state index is 15.3. The third kappa shape index (κ3) is 4.53. The van der Waals surface area contributed by atoms with Gasteiger partial charge in [-0.1, -0.05) is 119 Å². The van der Waals surface area contributed by atoms with E-state index in [9.17, 15) is 14.7 Å². The lowest BCUT2D eigenvalue weighted by Crippen LogP contribution is -2.58. The average molecular weight is 735 g/mol. The molecule has 0 radical (unpaired) electrons. The third-order valence-corrected chi connectivity index (χ3v) is 12.2. The highest BCUT2D eigenvalue weighted by Gasteiger charge is 2.66. The Hall–Kier alpha value is -5.40. The van der Waals surface area contributed by atoms with E-state index in [0.717, 1.165) is 26.6 Å². The number of carbonyl (C=O) groups is 4. The molecule has 5 aromatic rings. The Bertz CT molecular complexity index is 2350. The number of carbonyl (C=O) groups excluding carboxylic acids is 4. The first-order chi connectivity index (χ1) is 24.8. The molecule has 1 N–H and O–H groups in total. The van der Waals surface area contributed by atoms with Gasteiger partial charge in [0.2, 0.25) is 11.8 Å². The molecule has 9 rings (SSSR count). The molecule has 1 saturated heterocycles. The molecule has 7 heteroatoms.